The van der Waals surface area contributed by atoms with Crippen LogP contribution in [-0.4, -0.2) is 63.5 Å². The highest BCUT2D eigenvalue weighted by Gasteiger charge is 2.54. The molecule has 24 nitrogen and oxygen atoms in total. The Labute approximate surface area is 648 Å². The molecular formula is C88H84N20O4. The van der Waals surface area contributed by atoms with Gasteiger partial charge in [-0.25, -0.2) is 19.9 Å². The standard InChI is InChI=1S/4C22H21N5O/c4*1-12-4-6-25-10-17(12)14-7-15-9-20(26-11-18(15)19(24)8-14)27-22(28)21-13(2)16(21)3-5-23/h4*4,6-11,13,16,21H,3,24H2,1-2H3,(H,26,27,28)/t2*13-,16+,21+;2*13-,16-,21-/m1010/s1. The lowest BCUT2D eigenvalue weighted by molar-refractivity contribution is -0.118. The van der Waals surface area contributed by atoms with Gasteiger partial charge in [-0.05, 0) is 238 Å². The van der Waals surface area contributed by atoms with E-state index in [1.807, 2.05) is 177 Å². The van der Waals surface area contributed by atoms with Gasteiger partial charge in [0.25, 0.3) is 0 Å². The minimum Gasteiger partial charge on any atom is -0.398 e. The zero-order chi connectivity index (χ0) is 79.3. The van der Waals surface area contributed by atoms with Gasteiger partial charge in [0, 0.05) is 190 Å². The molecule has 4 fully saturated rings. The number of anilines is 8. The fraction of sp³-hybridized carbons (Fsp3) is 0.273. The third-order valence-electron chi connectivity index (χ3n) is 22.6. The van der Waals surface area contributed by atoms with Crippen molar-refractivity contribution in [2.45, 2.75) is 81.1 Å². The van der Waals surface area contributed by atoms with Crippen molar-refractivity contribution in [3.8, 4) is 68.8 Å². The summed E-state index contributed by atoms with van der Waals surface area (Å²) in [6.45, 7) is 16.1. The molecule has 12 atom stereocenters. The smallest absolute Gasteiger partial charge is 0.229 e. The summed E-state index contributed by atoms with van der Waals surface area (Å²) in [5.41, 5.74) is 39.9. The molecule has 24 heteroatoms. The third-order valence-corrected chi connectivity index (χ3v) is 22.6. The molecule has 0 unspecified atom stereocenters. The predicted octanol–water partition coefficient (Wildman–Crippen LogP) is 15.7. The molecule has 4 amide bonds. The van der Waals surface area contributed by atoms with E-state index < -0.39 is 0 Å². The molecule has 0 bridgehead atoms. The SMILES string of the molecule is Cc1ccncc1-c1cc(N)c2cnc(NC(=O)[C@@H]3[C@@H](C)[C@H]3CC#N)cc2c1.Cc1ccncc1-c1cc(N)c2cnc(NC(=O)[C@@H]3[C@H](C)[C@H]3CC#N)cc2c1.Cc1ccncc1-c1cc(N)c2cnc(NC(=O)[C@H]3[C@@H](C)[C@@H]3CC#N)cc2c1.Cc1ccncc1-c1cc(N)c2cnc(NC(=O)[C@H]3[C@H](C)[C@@H]3CC#N)cc2c1. The largest absolute Gasteiger partial charge is 0.398 e. The average molecular weight is 1490 g/mol. The monoisotopic (exact) mass is 1480 g/mol. The quantitative estimate of drug-likeness (QED) is 0.0416. The lowest BCUT2D eigenvalue weighted by Crippen LogP contribution is -2.16. The van der Waals surface area contributed by atoms with Crippen LogP contribution in [0.15, 0.2) is 171 Å². The number of aromatic nitrogens is 8. The number of benzene rings is 4. The van der Waals surface area contributed by atoms with E-state index >= 15 is 0 Å². The summed E-state index contributed by atoms with van der Waals surface area (Å²) < 4.78 is 0. The molecule has 4 saturated carbocycles. The van der Waals surface area contributed by atoms with E-state index in [-0.39, 0.29) is 94.6 Å². The molecule has 8 aromatic heterocycles. The number of hydrogen-bond acceptors (Lipinski definition) is 20. The molecule has 0 spiro atoms. The Balaban J connectivity index is 0.000000131. The first kappa shape index (κ1) is 76.4. The van der Waals surface area contributed by atoms with Crippen molar-refractivity contribution < 1.29 is 19.2 Å². The van der Waals surface area contributed by atoms with E-state index in [4.69, 9.17) is 44.0 Å². The predicted molar refractivity (Wildman–Crippen MR) is 437 cm³/mol. The van der Waals surface area contributed by atoms with Crippen LogP contribution in [0, 0.1) is 144 Å². The summed E-state index contributed by atoms with van der Waals surface area (Å²) in [4.78, 5) is 84.3. The van der Waals surface area contributed by atoms with Gasteiger partial charge < -0.3 is 44.2 Å². The van der Waals surface area contributed by atoms with Crippen molar-refractivity contribution in [2.24, 2.45) is 71.0 Å². The molecule has 0 saturated heterocycles. The van der Waals surface area contributed by atoms with E-state index in [2.05, 4.69) is 85.4 Å². The molecule has 4 aliphatic rings. The summed E-state index contributed by atoms with van der Waals surface area (Å²) in [7, 11) is 0. The second-order valence-corrected chi connectivity index (χ2v) is 29.8. The Morgan fingerprint density at radius 1 is 0.330 bits per heavy atom. The van der Waals surface area contributed by atoms with E-state index in [0.717, 1.165) is 110 Å². The fourth-order valence-corrected chi connectivity index (χ4v) is 15.5. The van der Waals surface area contributed by atoms with E-state index in [9.17, 15) is 19.2 Å². The summed E-state index contributed by atoms with van der Waals surface area (Å²) in [6.07, 6.45) is 22.7. The molecule has 12 aromatic rings. The summed E-state index contributed by atoms with van der Waals surface area (Å²) >= 11 is 0. The lowest BCUT2D eigenvalue weighted by Gasteiger charge is -2.11. The number of nitrogens with zero attached hydrogens (tertiary/aromatic N) is 12. The number of pyridine rings is 8. The number of amides is 4. The van der Waals surface area contributed by atoms with Crippen molar-refractivity contribution in [1.29, 1.82) is 21.0 Å². The number of rotatable bonds is 16. The van der Waals surface area contributed by atoms with Gasteiger partial charge in [0.05, 0.1) is 24.3 Å². The molecule has 4 aliphatic carbocycles. The maximum Gasteiger partial charge on any atom is 0.229 e. The number of nitrogens with two attached hydrogens (primary N) is 4. The first-order valence-corrected chi connectivity index (χ1v) is 37.1. The number of aryl methyl sites for hydroxylation is 4. The van der Waals surface area contributed by atoms with Crippen LogP contribution in [0.25, 0.3) is 87.6 Å². The van der Waals surface area contributed by atoms with Crippen molar-refractivity contribution in [3.63, 3.8) is 0 Å². The molecule has 8 heterocycles. The zero-order valence-electron chi connectivity index (χ0n) is 63.2. The van der Waals surface area contributed by atoms with Crippen LogP contribution >= 0.6 is 0 Å². The minimum atomic E-state index is -0.119. The number of nitriles is 4. The van der Waals surface area contributed by atoms with Crippen LogP contribution in [0.3, 0.4) is 0 Å². The van der Waals surface area contributed by atoms with Crippen LogP contribution in [-0.2, 0) is 19.2 Å². The topological polar surface area (TPSA) is 419 Å². The molecule has 4 aromatic carbocycles. The third kappa shape index (κ3) is 16.4. The van der Waals surface area contributed by atoms with Gasteiger partial charge in [-0.3, -0.25) is 39.1 Å². The van der Waals surface area contributed by atoms with E-state index in [1.54, 1.807) is 49.6 Å². The first-order valence-electron chi connectivity index (χ1n) is 37.1. The fourth-order valence-electron chi connectivity index (χ4n) is 15.5. The summed E-state index contributed by atoms with van der Waals surface area (Å²) in [6, 6.07) is 39.6. The maximum absolute atomic E-state index is 12.5. The average Bonchev–Trinajstić information content (AvgIpc) is 1.67. The number of hydrogen-bond donors (Lipinski definition) is 8. The highest BCUT2D eigenvalue weighted by molar-refractivity contribution is 6.05. The van der Waals surface area contributed by atoms with Crippen LogP contribution in [0.2, 0.25) is 0 Å². The molecule has 0 aliphatic heterocycles. The Kier molecular flexibility index (Phi) is 22.2. The highest BCUT2D eigenvalue weighted by Crippen LogP contribution is 2.52. The Morgan fingerprint density at radius 3 is 0.723 bits per heavy atom. The van der Waals surface area contributed by atoms with Crippen molar-refractivity contribution in [3.05, 3.63) is 194 Å². The number of carbonyl (C=O) groups is 4. The number of nitrogens with one attached hydrogen (secondary N) is 4. The van der Waals surface area contributed by atoms with Crippen LogP contribution < -0.4 is 44.2 Å². The normalized spacial score (nSPS) is 20.5. The van der Waals surface area contributed by atoms with Gasteiger partial charge >= 0.3 is 0 Å². The van der Waals surface area contributed by atoms with Crippen molar-refractivity contribution >= 4 is 113 Å². The van der Waals surface area contributed by atoms with Crippen LogP contribution in [0.5, 0.6) is 0 Å². The van der Waals surface area contributed by atoms with Gasteiger partial charge in [-0.1, -0.05) is 27.7 Å². The number of nitrogen functional groups attached to an aromatic ring is 4. The Bertz CT molecular complexity index is 5190. The van der Waals surface area contributed by atoms with E-state index in [0.29, 0.717) is 71.7 Å². The molecule has 112 heavy (non-hydrogen) atoms. The zero-order valence-corrected chi connectivity index (χ0v) is 63.2. The molecule has 560 valence electrons. The Morgan fingerprint density at radius 2 is 0.536 bits per heavy atom. The lowest BCUT2D eigenvalue weighted by atomic mass is 9.99. The molecule has 12 N–H and O–H groups in total. The van der Waals surface area contributed by atoms with Gasteiger partial charge in [0.1, 0.15) is 23.3 Å². The first-order chi connectivity index (χ1) is 54.0. The minimum absolute atomic E-state index is 0.0770. The van der Waals surface area contributed by atoms with Crippen LogP contribution in [0.4, 0.5) is 46.0 Å². The van der Waals surface area contributed by atoms with Crippen molar-refractivity contribution in [1.82, 2.24) is 39.9 Å². The van der Waals surface area contributed by atoms with Crippen LogP contribution in [0.1, 0.15) is 75.6 Å². The summed E-state index contributed by atoms with van der Waals surface area (Å²) in [5.74, 6) is 2.68. The molecule has 0 radical (unpaired) electrons. The second kappa shape index (κ2) is 32.5. The highest BCUT2D eigenvalue weighted by atomic mass is 16.2. The van der Waals surface area contributed by atoms with E-state index in [1.165, 1.54) is 0 Å². The van der Waals surface area contributed by atoms with Gasteiger partial charge in [0.2, 0.25) is 23.6 Å². The van der Waals surface area contributed by atoms with Crippen molar-refractivity contribution in [2.75, 3.05) is 44.2 Å². The van der Waals surface area contributed by atoms with Gasteiger partial charge in [-0.2, -0.15) is 21.0 Å². The maximum atomic E-state index is 12.5. The molecular weight excluding hydrogens is 1400 g/mol. The second-order valence-electron chi connectivity index (χ2n) is 29.8. The molecule has 16 rings (SSSR count). The number of carbonyl (C=O) groups excluding carboxylic acids is 4. The van der Waals surface area contributed by atoms with Gasteiger partial charge in [0.15, 0.2) is 0 Å². The van der Waals surface area contributed by atoms with Gasteiger partial charge in [-0.15, -0.1) is 0 Å². The number of fused-ring (bicyclic) bond motifs is 4. The Hall–Kier alpha value is -13.8. The summed E-state index contributed by atoms with van der Waals surface area (Å²) in [5, 5.41) is 54.0.